The fourth-order valence-corrected chi connectivity index (χ4v) is 3.59. The summed E-state index contributed by atoms with van der Waals surface area (Å²) in [6.45, 7) is 4.01. The van der Waals surface area contributed by atoms with Gasteiger partial charge in [0.05, 0.1) is 12.1 Å². The summed E-state index contributed by atoms with van der Waals surface area (Å²) in [4.78, 5) is 12.4. The molecule has 4 heteroatoms. The molecule has 2 N–H and O–H groups in total. The van der Waals surface area contributed by atoms with Crippen LogP contribution in [0.25, 0.3) is 0 Å². The Labute approximate surface area is 171 Å². The van der Waals surface area contributed by atoms with Crippen LogP contribution in [-0.2, 0) is 10.3 Å². The molecular formula is C23H27BrN2O. The van der Waals surface area contributed by atoms with Crippen LogP contribution in [0.2, 0.25) is 0 Å². The predicted octanol–water partition coefficient (Wildman–Crippen LogP) is 4.92. The Hall–Kier alpha value is -2.25. The summed E-state index contributed by atoms with van der Waals surface area (Å²) in [6, 6.07) is 10.2. The van der Waals surface area contributed by atoms with Gasteiger partial charge in [0.2, 0.25) is 5.91 Å². The van der Waals surface area contributed by atoms with Crippen LogP contribution < -0.4 is 10.6 Å². The number of rotatable bonds is 5. The number of hydrogen-bond donors (Lipinski definition) is 2. The molecular weight excluding hydrogens is 400 g/mol. The van der Waals surface area contributed by atoms with Gasteiger partial charge < -0.3 is 10.6 Å². The second-order valence-electron chi connectivity index (χ2n) is 6.75. The molecule has 1 fully saturated rings. The summed E-state index contributed by atoms with van der Waals surface area (Å²) in [6.07, 6.45) is 15.0. The third-order valence-corrected chi connectivity index (χ3v) is 5.08. The van der Waals surface area contributed by atoms with Crippen molar-refractivity contribution in [2.24, 2.45) is 0 Å². The Kier molecular flexibility index (Phi) is 7.94. The summed E-state index contributed by atoms with van der Waals surface area (Å²) >= 11 is 3.55. The van der Waals surface area contributed by atoms with Gasteiger partial charge in [0, 0.05) is 10.2 Å². The maximum absolute atomic E-state index is 12.4. The lowest BCUT2D eigenvalue weighted by molar-refractivity contribution is -0.121. The van der Waals surface area contributed by atoms with Gasteiger partial charge in [-0.2, -0.15) is 0 Å². The summed E-state index contributed by atoms with van der Waals surface area (Å²) in [5.74, 6) is 2.29. The average Bonchev–Trinajstić information content (AvgIpc) is 3.41. The smallest absolute Gasteiger partial charge is 0.239 e. The molecule has 0 spiro atoms. The lowest BCUT2D eigenvalue weighted by Crippen LogP contribution is -2.40. The molecule has 3 nitrogen and oxygen atoms in total. The minimum absolute atomic E-state index is 0.0433. The maximum atomic E-state index is 12.4. The van der Waals surface area contributed by atoms with E-state index in [0.717, 1.165) is 41.4 Å². The third-order valence-electron chi connectivity index (χ3n) is 4.53. The lowest BCUT2D eigenvalue weighted by Gasteiger charge is -2.19. The molecule has 3 rings (SSSR count). The van der Waals surface area contributed by atoms with E-state index < -0.39 is 0 Å². The molecule has 1 saturated carbocycles. The molecule has 0 unspecified atom stereocenters. The van der Waals surface area contributed by atoms with Gasteiger partial charge in [-0.15, -0.1) is 12.3 Å². The Bertz CT molecular complexity index is 780. The van der Waals surface area contributed by atoms with E-state index in [1.807, 2.05) is 18.2 Å². The van der Waals surface area contributed by atoms with Crippen molar-refractivity contribution >= 4 is 21.8 Å². The van der Waals surface area contributed by atoms with Crippen LogP contribution in [0.1, 0.15) is 45.1 Å². The van der Waals surface area contributed by atoms with E-state index in [0.29, 0.717) is 6.54 Å². The fourth-order valence-electron chi connectivity index (χ4n) is 3.02. The van der Waals surface area contributed by atoms with Crippen molar-refractivity contribution in [2.45, 2.75) is 45.1 Å². The first-order valence-electron chi connectivity index (χ1n) is 9.23. The third kappa shape index (κ3) is 6.45. The van der Waals surface area contributed by atoms with Crippen LogP contribution >= 0.6 is 15.9 Å². The van der Waals surface area contributed by atoms with Crippen LogP contribution in [0, 0.1) is 12.3 Å². The number of benzene rings is 1. The highest BCUT2D eigenvalue weighted by Crippen LogP contribution is 2.45. The van der Waals surface area contributed by atoms with Crippen molar-refractivity contribution in [1.82, 2.24) is 10.6 Å². The van der Waals surface area contributed by atoms with Gasteiger partial charge in [0.25, 0.3) is 0 Å². The highest BCUT2D eigenvalue weighted by molar-refractivity contribution is 9.11. The van der Waals surface area contributed by atoms with Gasteiger partial charge in [-0.05, 0) is 56.7 Å². The second-order valence-corrected chi connectivity index (χ2v) is 7.67. The van der Waals surface area contributed by atoms with E-state index in [2.05, 4.69) is 76.2 Å². The summed E-state index contributed by atoms with van der Waals surface area (Å²) in [5, 5.41) is 6.50. The van der Waals surface area contributed by atoms with Crippen LogP contribution in [0.15, 0.2) is 64.3 Å². The first-order valence-corrected chi connectivity index (χ1v) is 10.0. The molecule has 0 atom stereocenters. The molecule has 1 aromatic rings. The van der Waals surface area contributed by atoms with Gasteiger partial charge in [-0.1, -0.05) is 58.4 Å². The van der Waals surface area contributed by atoms with Crippen molar-refractivity contribution in [1.29, 1.82) is 0 Å². The van der Waals surface area contributed by atoms with E-state index in [1.54, 1.807) is 6.92 Å². The van der Waals surface area contributed by atoms with Crippen molar-refractivity contribution in [3.8, 4) is 12.3 Å². The monoisotopic (exact) mass is 426 g/mol. The van der Waals surface area contributed by atoms with Crippen molar-refractivity contribution in [3.05, 3.63) is 69.9 Å². The van der Waals surface area contributed by atoms with Gasteiger partial charge >= 0.3 is 0 Å². The molecule has 1 amide bonds. The number of hydrogen-bond acceptors (Lipinski definition) is 2. The molecule has 0 saturated heterocycles. The SMILES string of the molecule is C#CC.CC1=C/C(Br)=C\CC/C=C\1NCC(=O)NC1(c2ccccc2)CC1. The standard InChI is InChI=1S/C20H23BrN2O.C3H4/c1-15-13-17(21)9-5-6-10-18(15)22-14-19(24)23-20(11-12-20)16-7-3-2-4-8-16;1-3-2/h2-4,7-10,13,22H,5-6,11-12,14H2,1H3,(H,23,24);1H,2H3/b15-13-,17-9+,18-10+;. The number of carbonyl (C=O) groups is 1. The zero-order valence-electron chi connectivity index (χ0n) is 16.0. The van der Waals surface area contributed by atoms with E-state index in [-0.39, 0.29) is 11.4 Å². The molecule has 0 bridgehead atoms. The van der Waals surface area contributed by atoms with Gasteiger partial charge in [-0.3, -0.25) is 4.79 Å². The minimum atomic E-state index is -0.147. The number of terminal acetylenes is 1. The van der Waals surface area contributed by atoms with E-state index in [4.69, 9.17) is 0 Å². The highest BCUT2D eigenvalue weighted by Gasteiger charge is 2.45. The molecule has 0 heterocycles. The van der Waals surface area contributed by atoms with Crippen LogP contribution in [0.3, 0.4) is 0 Å². The second kappa shape index (κ2) is 10.2. The highest BCUT2D eigenvalue weighted by atomic mass is 79.9. The number of halogens is 1. The molecule has 2 aliphatic rings. The zero-order chi connectivity index (χ0) is 19.7. The predicted molar refractivity (Wildman–Crippen MR) is 116 cm³/mol. The lowest BCUT2D eigenvalue weighted by atomic mass is 10.1. The first kappa shape index (κ1) is 21.1. The van der Waals surface area contributed by atoms with Crippen molar-refractivity contribution in [2.75, 3.05) is 6.54 Å². The Morgan fingerprint density at radius 2 is 1.85 bits per heavy atom. The van der Waals surface area contributed by atoms with E-state index >= 15 is 0 Å². The average molecular weight is 427 g/mol. The molecule has 0 aromatic heterocycles. The summed E-state index contributed by atoms with van der Waals surface area (Å²) in [7, 11) is 0. The first-order chi connectivity index (χ1) is 13.0. The normalized spacial score (nSPS) is 23.1. The largest absolute Gasteiger partial charge is 0.376 e. The molecule has 1 aromatic carbocycles. The maximum Gasteiger partial charge on any atom is 0.239 e. The van der Waals surface area contributed by atoms with Gasteiger partial charge in [0.15, 0.2) is 0 Å². The van der Waals surface area contributed by atoms with E-state index in [1.165, 1.54) is 5.56 Å². The molecule has 0 aliphatic heterocycles. The topological polar surface area (TPSA) is 41.1 Å². The van der Waals surface area contributed by atoms with Crippen LogP contribution in [0.4, 0.5) is 0 Å². The van der Waals surface area contributed by atoms with Crippen LogP contribution in [-0.4, -0.2) is 12.5 Å². The number of nitrogens with one attached hydrogen (secondary N) is 2. The summed E-state index contributed by atoms with van der Waals surface area (Å²) < 4.78 is 1.10. The molecule has 2 aliphatic carbocycles. The Morgan fingerprint density at radius 1 is 1.22 bits per heavy atom. The van der Waals surface area contributed by atoms with Gasteiger partial charge in [-0.25, -0.2) is 0 Å². The van der Waals surface area contributed by atoms with Gasteiger partial charge in [0.1, 0.15) is 0 Å². The van der Waals surface area contributed by atoms with E-state index in [9.17, 15) is 4.79 Å². The Balaban J connectivity index is 0.000000817. The quantitative estimate of drug-likeness (QED) is 0.655. The molecule has 0 radical (unpaired) electrons. The van der Waals surface area contributed by atoms with Crippen molar-refractivity contribution in [3.63, 3.8) is 0 Å². The molecule has 142 valence electrons. The minimum Gasteiger partial charge on any atom is -0.376 e. The zero-order valence-corrected chi connectivity index (χ0v) is 17.6. The van der Waals surface area contributed by atoms with Crippen molar-refractivity contribution < 1.29 is 4.79 Å². The number of amides is 1. The fraction of sp³-hybridized carbons (Fsp3) is 0.348. The Morgan fingerprint density at radius 3 is 2.48 bits per heavy atom. The van der Waals surface area contributed by atoms with Crippen LogP contribution in [0.5, 0.6) is 0 Å². The molecule has 27 heavy (non-hydrogen) atoms. The number of allylic oxidation sites excluding steroid dienone is 5. The number of carbonyl (C=O) groups excluding carboxylic acids is 1. The summed E-state index contributed by atoms with van der Waals surface area (Å²) in [5.41, 5.74) is 3.23.